The van der Waals surface area contributed by atoms with E-state index >= 15 is 0 Å². The van der Waals surface area contributed by atoms with Crippen molar-refractivity contribution in [2.75, 3.05) is 27.3 Å². The van der Waals surface area contributed by atoms with Crippen LogP contribution in [-0.2, 0) is 6.54 Å². The number of hydrogen-bond acceptors (Lipinski definition) is 4. The van der Waals surface area contributed by atoms with Crippen LogP contribution >= 0.6 is 0 Å². The van der Waals surface area contributed by atoms with Gasteiger partial charge in [-0.1, -0.05) is 18.2 Å². The molecule has 3 rings (SSSR count). The zero-order valence-corrected chi connectivity index (χ0v) is 14.5. The molecule has 0 aromatic heterocycles. The van der Waals surface area contributed by atoms with E-state index in [1.54, 1.807) is 0 Å². The lowest BCUT2D eigenvalue weighted by atomic mass is 9.99. The van der Waals surface area contributed by atoms with Crippen LogP contribution in [0.5, 0.6) is 17.2 Å². The second kappa shape index (κ2) is 7.57. The Labute approximate surface area is 147 Å². The lowest BCUT2D eigenvalue weighted by molar-refractivity contribution is 0.290. The van der Waals surface area contributed by atoms with Gasteiger partial charge in [0, 0.05) is 19.6 Å². The van der Waals surface area contributed by atoms with Gasteiger partial charge in [-0.3, -0.25) is 4.90 Å². The first-order valence-electron chi connectivity index (χ1n) is 8.22. The Morgan fingerprint density at radius 2 is 1.72 bits per heavy atom. The Kier molecular flexibility index (Phi) is 5.24. The second-order valence-electron chi connectivity index (χ2n) is 6.07. The number of phenolic OH excluding ortho intramolecular Hbond substituents is 1. The third-order valence-electron chi connectivity index (χ3n) is 4.45. The fraction of sp³-hybridized carbons (Fsp3) is 0.300. The Bertz CT molecular complexity index is 746. The monoisotopic (exact) mass is 343 g/mol. The largest absolute Gasteiger partial charge is 0.502 e. The molecule has 25 heavy (non-hydrogen) atoms. The van der Waals surface area contributed by atoms with Gasteiger partial charge in [-0.05, 0) is 47.4 Å². The van der Waals surface area contributed by atoms with Crippen molar-refractivity contribution in [1.29, 1.82) is 0 Å². The third-order valence-corrected chi connectivity index (χ3v) is 4.45. The zero-order valence-electron chi connectivity index (χ0n) is 14.5. The van der Waals surface area contributed by atoms with Crippen molar-refractivity contribution in [2.45, 2.75) is 13.0 Å². The maximum atomic E-state index is 13.0. The molecule has 132 valence electrons. The summed E-state index contributed by atoms with van der Waals surface area (Å²) in [5.41, 5.74) is 3.34. The van der Waals surface area contributed by atoms with Gasteiger partial charge < -0.3 is 14.6 Å². The molecule has 0 atom stereocenters. The molecule has 0 bridgehead atoms. The molecule has 1 aliphatic heterocycles. The fourth-order valence-electron chi connectivity index (χ4n) is 3.08. The maximum Gasteiger partial charge on any atom is 0.200 e. The number of nitrogens with zero attached hydrogens (tertiary/aromatic N) is 1. The topological polar surface area (TPSA) is 41.9 Å². The molecular weight excluding hydrogens is 321 g/mol. The molecule has 0 radical (unpaired) electrons. The van der Waals surface area contributed by atoms with Crippen molar-refractivity contribution >= 4 is 5.57 Å². The molecule has 1 aliphatic rings. The molecule has 0 saturated heterocycles. The lowest BCUT2D eigenvalue weighted by Gasteiger charge is -2.27. The second-order valence-corrected chi connectivity index (χ2v) is 6.07. The summed E-state index contributed by atoms with van der Waals surface area (Å²) in [5, 5.41) is 10.00. The highest BCUT2D eigenvalue weighted by molar-refractivity contribution is 5.66. The van der Waals surface area contributed by atoms with Gasteiger partial charge in [-0.15, -0.1) is 0 Å². The number of halogens is 1. The van der Waals surface area contributed by atoms with Crippen LogP contribution in [0.1, 0.15) is 17.5 Å². The molecule has 0 spiro atoms. The van der Waals surface area contributed by atoms with E-state index < -0.39 is 0 Å². The predicted octanol–water partition coefficient (Wildman–Crippen LogP) is 3.84. The number of rotatable bonds is 5. The third kappa shape index (κ3) is 3.94. The molecule has 0 fully saturated rings. The van der Waals surface area contributed by atoms with Gasteiger partial charge in [0.2, 0.25) is 5.75 Å². The number of hydrogen-bond donors (Lipinski definition) is 1. The van der Waals surface area contributed by atoms with Crippen LogP contribution in [0.15, 0.2) is 42.5 Å². The molecule has 2 aromatic rings. The highest BCUT2D eigenvalue weighted by Crippen LogP contribution is 2.37. The van der Waals surface area contributed by atoms with E-state index in [1.807, 2.05) is 24.3 Å². The van der Waals surface area contributed by atoms with Crippen LogP contribution in [0.3, 0.4) is 0 Å². The lowest BCUT2D eigenvalue weighted by Crippen LogP contribution is -2.28. The van der Waals surface area contributed by atoms with Crippen LogP contribution in [0.25, 0.3) is 5.57 Å². The first-order chi connectivity index (χ1) is 12.1. The summed E-state index contributed by atoms with van der Waals surface area (Å²) < 4.78 is 23.5. The van der Waals surface area contributed by atoms with E-state index in [9.17, 15) is 9.50 Å². The molecule has 0 saturated carbocycles. The van der Waals surface area contributed by atoms with Crippen molar-refractivity contribution in [3.8, 4) is 17.2 Å². The highest BCUT2D eigenvalue weighted by atomic mass is 19.1. The summed E-state index contributed by atoms with van der Waals surface area (Å²) in [7, 11) is 3.05. The van der Waals surface area contributed by atoms with Crippen molar-refractivity contribution in [3.63, 3.8) is 0 Å². The van der Waals surface area contributed by atoms with Crippen LogP contribution in [0, 0.1) is 5.82 Å². The Morgan fingerprint density at radius 1 is 1.08 bits per heavy atom. The summed E-state index contributed by atoms with van der Waals surface area (Å²) in [6, 6.07) is 10.3. The van der Waals surface area contributed by atoms with Crippen molar-refractivity contribution in [3.05, 3.63) is 59.4 Å². The number of ether oxygens (including phenoxy) is 2. The summed E-state index contributed by atoms with van der Waals surface area (Å²) in [6.07, 6.45) is 3.10. The summed E-state index contributed by atoms with van der Waals surface area (Å²) in [6.45, 7) is 2.47. The normalized spacial score (nSPS) is 14.9. The Hall–Kier alpha value is -2.53. The molecule has 4 nitrogen and oxygen atoms in total. The average Bonchev–Trinajstić information content (AvgIpc) is 2.64. The molecule has 2 aromatic carbocycles. The van der Waals surface area contributed by atoms with Crippen LogP contribution in [0.4, 0.5) is 4.39 Å². The number of benzene rings is 2. The van der Waals surface area contributed by atoms with E-state index in [0.717, 1.165) is 37.2 Å². The molecule has 5 heteroatoms. The fourth-order valence-corrected chi connectivity index (χ4v) is 3.08. The highest BCUT2D eigenvalue weighted by Gasteiger charge is 2.16. The number of aromatic hydroxyl groups is 1. The summed E-state index contributed by atoms with van der Waals surface area (Å²) in [4.78, 5) is 2.30. The minimum Gasteiger partial charge on any atom is -0.502 e. The van der Waals surface area contributed by atoms with E-state index in [2.05, 4.69) is 11.0 Å². The van der Waals surface area contributed by atoms with Gasteiger partial charge in [0.1, 0.15) is 5.82 Å². The molecule has 0 unspecified atom stereocenters. The molecule has 0 aliphatic carbocycles. The zero-order chi connectivity index (χ0) is 17.8. The van der Waals surface area contributed by atoms with E-state index in [-0.39, 0.29) is 11.6 Å². The van der Waals surface area contributed by atoms with Crippen LogP contribution < -0.4 is 9.47 Å². The van der Waals surface area contributed by atoms with Crippen molar-refractivity contribution in [1.82, 2.24) is 4.90 Å². The number of phenols is 1. The SMILES string of the molecule is COc1cc(CN2CC=C(c3ccc(F)cc3)CC2)cc(OC)c1O. The van der Waals surface area contributed by atoms with Gasteiger partial charge in [0.25, 0.3) is 0 Å². The van der Waals surface area contributed by atoms with Gasteiger partial charge in [0.05, 0.1) is 14.2 Å². The number of methoxy groups -OCH3 is 2. The maximum absolute atomic E-state index is 13.0. The standard InChI is InChI=1S/C20H22FNO3/c1-24-18-11-14(12-19(25-2)20(18)23)13-22-9-7-16(8-10-22)15-3-5-17(21)6-4-15/h3-7,11-12,23H,8-10,13H2,1-2H3. The first kappa shape index (κ1) is 17.3. The van der Waals surface area contributed by atoms with E-state index in [0.29, 0.717) is 11.5 Å². The van der Waals surface area contributed by atoms with Crippen LogP contribution in [0.2, 0.25) is 0 Å². The predicted molar refractivity (Wildman–Crippen MR) is 95.5 cm³/mol. The average molecular weight is 343 g/mol. The van der Waals surface area contributed by atoms with Crippen molar-refractivity contribution < 1.29 is 19.0 Å². The Morgan fingerprint density at radius 3 is 2.24 bits per heavy atom. The summed E-state index contributed by atoms with van der Waals surface area (Å²) in [5.74, 6) is 0.630. The quantitative estimate of drug-likeness (QED) is 0.896. The molecule has 1 N–H and O–H groups in total. The van der Waals surface area contributed by atoms with Gasteiger partial charge in [-0.25, -0.2) is 4.39 Å². The van der Waals surface area contributed by atoms with E-state index in [1.165, 1.54) is 31.9 Å². The van der Waals surface area contributed by atoms with Crippen LogP contribution in [-0.4, -0.2) is 37.3 Å². The minimum atomic E-state index is -0.211. The summed E-state index contributed by atoms with van der Waals surface area (Å²) >= 11 is 0. The first-order valence-corrected chi connectivity index (χ1v) is 8.22. The smallest absolute Gasteiger partial charge is 0.200 e. The Balaban J connectivity index is 1.70. The van der Waals surface area contributed by atoms with Gasteiger partial charge in [0.15, 0.2) is 11.5 Å². The molecule has 0 amide bonds. The van der Waals surface area contributed by atoms with E-state index in [4.69, 9.17) is 9.47 Å². The molecular formula is C20H22FNO3. The van der Waals surface area contributed by atoms with Gasteiger partial charge in [-0.2, -0.15) is 0 Å². The molecule has 1 heterocycles. The van der Waals surface area contributed by atoms with Gasteiger partial charge >= 0.3 is 0 Å². The van der Waals surface area contributed by atoms with Crippen molar-refractivity contribution in [2.24, 2.45) is 0 Å². The minimum absolute atomic E-state index is 0.0193.